The summed E-state index contributed by atoms with van der Waals surface area (Å²) in [5.41, 5.74) is 0. The van der Waals surface area contributed by atoms with Gasteiger partial charge in [0.2, 0.25) is 0 Å². The van der Waals surface area contributed by atoms with Gasteiger partial charge in [-0.05, 0) is 33.1 Å². The van der Waals surface area contributed by atoms with Crippen molar-refractivity contribution in [3.05, 3.63) is 0 Å². The average molecular weight is 246 g/mol. The summed E-state index contributed by atoms with van der Waals surface area (Å²) < 4.78 is 0. The minimum Gasteiger partial charge on any atom is -0.465 e. The Labute approximate surface area is 102 Å². The van der Waals surface area contributed by atoms with Gasteiger partial charge in [0.25, 0.3) is 0 Å². The Hall–Kier alpha value is -1.46. The topological polar surface area (TPSA) is 81.1 Å². The molecule has 6 heteroatoms. The summed E-state index contributed by atoms with van der Waals surface area (Å²) in [5, 5.41) is 17.5. The van der Waals surface area contributed by atoms with Gasteiger partial charge < -0.3 is 20.0 Å². The molecule has 0 unspecified atom stereocenters. The van der Waals surface area contributed by atoms with Gasteiger partial charge in [0.1, 0.15) is 0 Å². The van der Waals surface area contributed by atoms with E-state index in [0.29, 0.717) is 26.2 Å². The largest absolute Gasteiger partial charge is 0.465 e. The lowest BCUT2D eigenvalue weighted by molar-refractivity contribution is 0.144. The first-order valence-electron chi connectivity index (χ1n) is 5.98. The van der Waals surface area contributed by atoms with Crippen LogP contribution in [-0.4, -0.2) is 58.4 Å². The fourth-order valence-electron chi connectivity index (χ4n) is 1.56. The van der Waals surface area contributed by atoms with Crippen molar-refractivity contribution in [1.82, 2.24) is 9.80 Å². The molecule has 0 atom stereocenters. The van der Waals surface area contributed by atoms with Crippen molar-refractivity contribution < 1.29 is 19.8 Å². The number of hydrogen-bond donors (Lipinski definition) is 2. The monoisotopic (exact) mass is 246 g/mol. The van der Waals surface area contributed by atoms with E-state index < -0.39 is 12.2 Å². The molecular formula is C11H22N2O4. The number of rotatable bonds is 8. The number of unbranched alkanes of at least 4 members (excludes halogenated alkanes) is 2. The average Bonchev–Trinajstić information content (AvgIpc) is 2.27. The van der Waals surface area contributed by atoms with Crippen LogP contribution in [0.15, 0.2) is 0 Å². The number of carboxylic acid groups (broad SMARTS) is 2. The van der Waals surface area contributed by atoms with Crippen molar-refractivity contribution in [2.24, 2.45) is 0 Å². The van der Waals surface area contributed by atoms with Crippen LogP contribution >= 0.6 is 0 Å². The van der Waals surface area contributed by atoms with Gasteiger partial charge in [0.05, 0.1) is 0 Å². The SMILES string of the molecule is CCN(CCCCCN(CC)C(=O)O)C(=O)O. The second-order valence-corrected chi connectivity index (χ2v) is 3.79. The Kier molecular flexibility index (Phi) is 7.92. The second kappa shape index (κ2) is 8.66. The quantitative estimate of drug-likeness (QED) is 0.643. The first kappa shape index (κ1) is 15.5. The highest BCUT2D eigenvalue weighted by atomic mass is 16.4. The van der Waals surface area contributed by atoms with E-state index in [1.807, 2.05) is 0 Å². The van der Waals surface area contributed by atoms with Gasteiger partial charge in [-0.3, -0.25) is 0 Å². The van der Waals surface area contributed by atoms with Crippen LogP contribution in [0.2, 0.25) is 0 Å². The lowest BCUT2D eigenvalue weighted by Gasteiger charge is -2.18. The highest BCUT2D eigenvalue weighted by Crippen LogP contribution is 2.02. The smallest absolute Gasteiger partial charge is 0.407 e. The van der Waals surface area contributed by atoms with Gasteiger partial charge >= 0.3 is 12.2 Å². The molecular weight excluding hydrogens is 224 g/mol. The molecule has 0 aromatic rings. The molecule has 0 aliphatic rings. The van der Waals surface area contributed by atoms with Gasteiger partial charge in [-0.25, -0.2) is 9.59 Å². The van der Waals surface area contributed by atoms with Crippen LogP contribution in [-0.2, 0) is 0 Å². The molecule has 0 bridgehead atoms. The van der Waals surface area contributed by atoms with Crippen LogP contribution in [0, 0.1) is 0 Å². The maximum absolute atomic E-state index is 10.7. The molecule has 0 aromatic carbocycles. The van der Waals surface area contributed by atoms with E-state index in [0.717, 1.165) is 19.3 Å². The van der Waals surface area contributed by atoms with E-state index in [1.54, 1.807) is 13.8 Å². The van der Waals surface area contributed by atoms with Crippen molar-refractivity contribution in [2.45, 2.75) is 33.1 Å². The Morgan fingerprint density at radius 3 is 1.41 bits per heavy atom. The van der Waals surface area contributed by atoms with Crippen LogP contribution in [0.5, 0.6) is 0 Å². The third kappa shape index (κ3) is 6.65. The maximum atomic E-state index is 10.7. The van der Waals surface area contributed by atoms with Gasteiger partial charge in [0.15, 0.2) is 0 Å². The Balaban J connectivity index is 3.64. The van der Waals surface area contributed by atoms with Crippen molar-refractivity contribution >= 4 is 12.2 Å². The summed E-state index contributed by atoms with van der Waals surface area (Å²) in [6, 6.07) is 0. The molecule has 6 nitrogen and oxygen atoms in total. The zero-order valence-corrected chi connectivity index (χ0v) is 10.6. The number of hydrogen-bond acceptors (Lipinski definition) is 2. The Bertz CT molecular complexity index is 222. The van der Waals surface area contributed by atoms with Crippen molar-refractivity contribution in [3.63, 3.8) is 0 Å². The molecule has 17 heavy (non-hydrogen) atoms. The van der Waals surface area contributed by atoms with Gasteiger partial charge in [0, 0.05) is 26.2 Å². The summed E-state index contributed by atoms with van der Waals surface area (Å²) in [5.74, 6) is 0. The fourth-order valence-corrected chi connectivity index (χ4v) is 1.56. The maximum Gasteiger partial charge on any atom is 0.407 e. The van der Waals surface area contributed by atoms with Crippen molar-refractivity contribution in [1.29, 1.82) is 0 Å². The van der Waals surface area contributed by atoms with Crippen LogP contribution in [0.1, 0.15) is 33.1 Å². The van der Waals surface area contributed by atoms with E-state index in [9.17, 15) is 9.59 Å². The summed E-state index contributed by atoms with van der Waals surface area (Å²) in [7, 11) is 0. The van der Waals surface area contributed by atoms with E-state index in [2.05, 4.69) is 0 Å². The molecule has 0 spiro atoms. The molecule has 0 saturated carbocycles. The molecule has 0 radical (unpaired) electrons. The van der Waals surface area contributed by atoms with Crippen molar-refractivity contribution in [2.75, 3.05) is 26.2 Å². The first-order chi connectivity index (χ1) is 8.02. The van der Waals surface area contributed by atoms with Gasteiger partial charge in [-0.1, -0.05) is 0 Å². The van der Waals surface area contributed by atoms with Crippen LogP contribution in [0.3, 0.4) is 0 Å². The predicted octanol–water partition coefficient (Wildman–Crippen LogP) is 2.16. The molecule has 0 saturated heterocycles. The molecule has 0 rings (SSSR count). The lowest BCUT2D eigenvalue weighted by Crippen LogP contribution is -2.31. The van der Waals surface area contributed by atoms with E-state index >= 15 is 0 Å². The highest BCUT2D eigenvalue weighted by molar-refractivity contribution is 5.65. The normalized spacial score (nSPS) is 10.0. The number of nitrogens with zero attached hydrogens (tertiary/aromatic N) is 2. The minimum absolute atomic E-state index is 0.492. The Morgan fingerprint density at radius 2 is 1.18 bits per heavy atom. The Morgan fingerprint density at radius 1 is 0.824 bits per heavy atom. The third-order valence-electron chi connectivity index (χ3n) is 2.66. The van der Waals surface area contributed by atoms with Gasteiger partial charge in [-0.2, -0.15) is 0 Å². The van der Waals surface area contributed by atoms with E-state index in [1.165, 1.54) is 9.80 Å². The lowest BCUT2D eigenvalue weighted by atomic mass is 10.2. The van der Waals surface area contributed by atoms with E-state index in [-0.39, 0.29) is 0 Å². The van der Waals surface area contributed by atoms with Crippen LogP contribution in [0.4, 0.5) is 9.59 Å². The van der Waals surface area contributed by atoms with Crippen LogP contribution in [0.25, 0.3) is 0 Å². The zero-order chi connectivity index (χ0) is 13.3. The third-order valence-corrected chi connectivity index (χ3v) is 2.66. The molecule has 0 aliphatic heterocycles. The molecule has 2 N–H and O–H groups in total. The standard InChI is InChI=1S/C11H22N2O4/c1-3-12(10(14)15)8-6-5-7-9-13(4-2)11(16)17/h3-9H2,1-2H3,(H,14,15)(H,16,17). The molecule has 0 aliphatic carbocycles. The van der Waals surface area contributed by atoms with Gasteiger partial charge in [-0.15, -0.1) is 0 Å². The molecule has 0 heterocycles. The van der Waals surface area contributed by atoms with E-state index in [4.69, 9.17) is 10.2 Å². The number of amides is 2. The highest BCUT2D eigenvalue weighted by Gasteiger charge is 2.09. The first-order valence-corrected chi connectivity index (χ1v) is 5.98. The molecule has 2 amide bonds. The molecule has 100 valence electrons. The summed E-state index contributed by atoms with van der Waals surface area (Å²) in [6.45, 7) is 5.63. The summed E-state index contributed by atoms with van der Waals surface area (Å²) in [6.07, 6.45) is 0.601. The molecule has 0 aromatic heterocycles. The minimum atomic E-state index is -0.895. The second-order valence-electron chi connectivity index (χ2n) is 3.79. The fraction of sp³-hybridized carbons (Fsp3) is 0.818. The number of carbonyl (C=O) groups is 2. The summed E-state index contributed by atoms with van der Waals surface area (Å²) >= 11 is 0. The van der Waals surface area contributed by atoms with Crippen LogP contribution < -0.4 is 0 Å². The zero-order valence-electron chi connectivity index (χ0n) is 10.6. The predicted molar refractivity (Wildman–Crippen MR) is 64.4 cm³/mol. The molecule has 0 fully saturated rings. The summed E-state index contributed by atoms with van der Waals surface area (Å²) in [4.78, 5) is 24.1. The van der Waals surface area contributed by atoms with Crippen molar-refractivity contribution in [3.8, 4) is 0 Å².